The lowest BCUT2D eigenvalue weighted by molar-refractivity contribution is -0.539. The van der Waals surface area contributed by atoms with E-state index in [0.717, 1.165) is 19.3 Å². The van der Waals surface area contributed by atoms with Gasteiger partial charge < -0.3 is 0 Å². The third-order valence-corrected chi connectivity index (χ3v) is 3.26. The fraction of sp³-hybridized carbons (Fsp3) is 1.00. The van der Waals surface area contributed by atoms with E-state index >= 15 is 0 Å². The summed E-state index contributed by atoms with van der Waals surface area (Å²) in [6.45, 7) is 6.31. The Morgan fingerprint density at radius 1 is 1.38 bits per heavy atom. The van der Waals surface area contributed by atoms with Crippen LogP contribution in [0.1, 0.15) is 40.0 Å². The van der Waals surface area contributed by atoms with Crippen molar-refractivity contribution < 1.29 is 4.92 Å². The highest BCUT2D eigenvalue weighted by atomic mass is 16.6. The van der Waals surface area contributed by atoms with Crippen LogP contribution in [-0.2, 0) is 0 Å². The van der Waals surface area contributed by atoms with Crippen molar-refractivity contribution >= 4 is 0 Å². The molecule has 0 aromatic rings. The summed E-state index contributed by atoms with van der Waals surface area (Å²) in [5.74, 6) is 1.28. The summed E-state index contributed by atoms with van der Waals surface area (Å²) in [6.07, 6.45) is 2.97. The Hall–Kier alpha value is -0.600. The molecule has 1 aliphatic carbocycles. The van der Waals surface area contributed by atoms with Crippen LogP contribution in [0.3, 0.4) is 0 Å². The fourth-order valence-corrected chi connectivity index (χ4v) is 2.39. The van der Waals surface area contributed by atoms with E-state index < -0.39 is 0 Å². The van der Waals surface area contributed by atoms with Crippen LogP contribution in [0, 0.1) is 27.9 Å². The average Bonchev–Trinajstić information content (AvgIpc) is 2.03. The van der Waals surface area contributed by atoms with Crippen LogP contribution >= 0.6 is 0 Å². The van der Waals surface area contributed by atoms with Crippen molar-refractivity contribution in [3.8, 4) is 0 Å². The van der Waals surface area contributed by atoms with Crippen LogP contribution in [0.2, 0.25) is 0 Å². The molecule has 0 radical (unpaired) electrons. The monoisotopic (exact) mass is 185 g/mol. The van der Waals surface area contributed by atoms with Gasteiger partial charge in [-0.05, 0) is 24.7 Å². The fourth-order valence-electron chi connectivity index (χ4n) is 2.39. The number of rotatable bonds is 2. The summed E-state index contributed by atoms with van der Waals surface area (Å²) in [5.41, 5.74) is 0. The van der Waals surface area contributed by atoms with E-state index in [-0.39, 0.29) is 11.0 Å². The maximum absolute atomic E-state index is 10.8. The lowest BCUT2D eigenvalue weighted by Crippen LogP contribution is -2.37. The van der Waals surface area contributed by atoms with E-state index in [4.69, 9.17) is 0 Å². The van der Waals surface area contributed by atoms with Crippen LogP contribution < -0.4 is 0 Å². The first-order valence-corrected chi connectivity index (χ1v) is 5.16. The molecule has 0 aliphatic heterocycles. The molecule has 1 fully saturated rings. The molecule has 0 spiro atoms. The van der Waals surface area contributed by atoms with Crippen LogP contribution in [0.5, 0.6) is 0 Å². The standard InChI is InChI=1S/C10H19NO2/c1-7(2)9-5-4-8(3)6-10(9)11(12)13/h7-10H,4-6H2,1-3H3/t8-,9-,10-/m1/s1. The second-order valence-corrected chi connectivity index (χ2v) is 4.68. The van der Waals surface area contributed by atoms with Gasteiger partial charge in [0.05, 0.1) is 0 Å². The zero-order chi connectivity index (χ0) is 10.0. The maximum atomic E-state index is 10.8. The minimum absolute atomic E-state index is 0.0691. The number of hydrogen-bond acceptors (Lipinski definition) is 2. The zero-order valence-electron chi connectivity index (χ0n) is 8.69. The maximum Gasteiger partial charge on any atom is 0.216 e. The number of hydrogen-bond donors (Lipinski definition) is 0. The predicted molar refractivity (Wildman–Crippen MR) is 52.1 cm³/mol. The number of nitrogens with zero attached hydrogens (tertiary/aromatic N) is 1. The van der Waals surface area contributed by atoms with Crippen molar-refractivity contribution in [1.82, 2.24) is 0 Å². The van der Waals surface area contributed by atoms with Gasteiger partial charge in [0.1, 0.15) is 0 Å². The van der Waals surface area contributed by atoms with Crippen molar-refractivity contribution in [2.24, 2.45) is 17.8 Å². The zero-order valence-corrected chi connectivity index (χ0v) is 8.69. The van der Waals surface area contributed by atoms with E-state index in [0.29, 0.717) is 17.8 Å². The normalized spacial score (nSPS) is 34.9. The summed E-state index contributed by atoms with van der Waals surface area (Å²) in [6, 6.07) is -0.288. The molecule has 0 heterocycles. The number of nitro groups is 1. The minimum Gasteiger partial charge on any atom is -0.264 e. The molecular weight excluding hydrogens is 166 g/mol. The van der Waals surface area contributed by atoms with Gasteiger partial charge in [-0.15, -0.1) is 0 Å². The first kappa shape index (κ1) is 10.5. The molecule has 0 aromatic carbocycles. The van der Waals surface area contributed by atoms with Gasteiger partial charge in [0.25, 0.3) is 0 Å². The minimum atomic E-state index is -0.288. The average molecular weight is 185 g/mol. The second-order valence-electron chi connectivity index (χ2n) is 4.68. The quantitative estimate of drug-likeness (QED) is 0.490. The van der Waals surface area contributed by atoms with E-state index in [1.54, 1.807) is 0 Å². The molecule has 1 aliphatic rings. The van der Waals surface area contributed by atoms with Crippen molar-refractivity contribution in [2.75, 3.05) is 0 Å². The lowest BCUT2D eigenvalue weighted by Gasteiger charge is -2.31. The SMILES string of the molecule is CC(C)[C@H]1CC[C@@H](C)C[C@H]1[N+](=O)[O-]. The summed E-state index contributed by atoms with van der Waals surface area (Å²) in [7, 11) is 0. The predicted octanol–water partition coefficient (Wildman–Crippen LogP) is 2.72. The second kappa shape index (κ2) is 4.07. The van der Waals surface area contributed by atoms with E-state index in [1.165, 1.54) is 0 Å². The molecule has 0 aromatic heterocycles. The Bertz CT molecular complexity index is 191. The molecule has 1 rings (SSSR count). The van der Waals surface area contributed by atoms with Crippen LogP contribution in [0.25, 0.3) is 0 Å². The van der Waals surface area contributed by atoms with Gasteiger partial charge in [0.2, 0.25) is 6.04 Å². The molecule has 13 heavy (non-hydrogen) atoms. The summed E-state index contributed by atoms with van der Waals surface area (Å²) >= 11 is 0. The summed E-state index contributed by atoms with van der Waals surface area (Å²) < 4.78 is 0. The van der Waals surface area contributed by atoms with E-state index in [2.05, 4.69) is 20.8 Å². The lowest BCUT2D eigenvalue weighted by atomic mass is 9.74. The first-order chi connectivity index (χ1) is 6.02. The van der Waals surface area contributed by atoms with Gasteiger partial charge >= 0.3 is 0 Å². The van der Waals surface area contributed by atoms with Gasteiger partial charge in [-0.1, -0.05) is 20.8 Å². The Kier molecular flexibility index (Phi) is 3.28. The van der Waals surface area contributed by atoms with Crippen molar-refractivity contribution in [2.45, 2.75) is 46.1 Å². The molecule has 1 saturated carbocycles. The molecular formula is C10H19NO2. The molecule has 0 amide bonds. The third kappa shape index (κ3) is 2.42. The molecule has 76 valence electrons. The van der Waals surface area contributed by atoms with Gasteiger partial charge in [-0.25, -0.2) is 0 Å². The Labute approximate surface area is 79.7 Å². The Morgan fingerprint density at radius 3 is 2.46 bits per heavy atom. The van der Waals surface area contributed by atoms with Gasteiger partial charge in [-0.3, -0.25) is 10.1 Å². The van der Waals surface area contributed by atoms with Crippen molar-refractivity contribution in [3.05, 3.63) is 10.1 Å². The molecule has 0 saturated heterocycles. The van der Waals surface area contributed by atoms with Crippen molar-refractivity contribution in [3.63, 3.8) is 0 Å². The topological polar surface area (TPSA) is 43.1 Å². The Morgan fingerprint density at radius 2 is 2.00 bits per heavy atom. The molecule has 0 unspecified atom stereocenters. The van der Waals surface area contributed by atoms with Crippen molar-refractivity contribution in [1.29, 1.82) is 0 Å². The highest BCUT2D eigenvalue weighted by Gasteiger charge is 2.38. The molecule has 0 N–H and O–H groups in total. The van der Waals surface area contributed by atoms with Crippen LogP contribution in [-0.4, -0.2) is 11.0 Å². The molecule has 0 bridgehead atoms. The highest BCUT2D eigenvalue weighted by molar-refractivity contribution is 4.80. The van der Waals surface area contributed by atoms with Crippen LogP contribution in [0.4, 0.5) is 0 Å². The molecule has 3 nitrogen and oxygen atoms in total. The molecule has 3 heteroatoms. The largest absolute Gasteiger partial charge is 0.264 e. The summed E-state index contributed by atoms with van der Waals surface area (Å²) in [4.78, 5) is 10.8. The van der Waals surface area contributed by atoms with Crippen LogP contribution in [0.15, 0.2) is 0 Å². The molecule has 3 atom stereocenters. The summed E-state index contributed by atoms with van der Waals surface area (Å²) in [5, 5.41) is 10.8. The van der Waals surface area contributed by atoms with Gasteiger partial charge in [0, 0.05) is 17.3 Å². The highest BCUT2D eigenvalue weighted by Crippen LogP contribution is 2.34. The van der Waals surface area contributed by atoms with Gasteiger partial charge in [-0.2, -0.15) is 0 Å². The third-order valence-electron chi connectivity index (χ3n) is 3.26. The van der Waals surface area contributed by atoms with E-state index in [9.17, 15) is 10.1 Å². The van der Waals surface area contributed by atoms with Gasteiger partial charge in [0.15, 0.2) is 0 Å². The first-order valence-electron chi connectivity index (χ1n) is 5.16. The smallest absolute Gasteiger partial charge is 0.216 e. The Balaban J connectivity index is 2.66. The van der Waals surface area contributed by atoms with E-state index in [1.807, 2.05) is 0 Å².